The number of aliphatic hydroxyl groups is 1. The van der Waals surface area contributed by atoms with E-state index in [4.69, 9.17) is 4.52 Å². The summed E-state index contributed by atoms with van der Waals surface area (Å²) in [5.74, 6) is 0.532. The zero-order chi connectivity index (χ0) is 14.1. The number of benzene rings is 1. The van der Waals surface area contributed by atoms with Gasteiger partial charge in [-0.1, -0.05) is 17.3 Å². The molecule has 0 spiro atoms. The molecule has 0 radical (unpaired) electrons. The van der Waals surface area contributed by atoms with Crippen molar-refractivity contribution < 1.29 is 14.0 Å². The van der Waals surface area contributed by atoms with Gasteiger partial charge in [-0.05, 0) is 31.0 Å². The summed E-state index contributed by atoms with van der Waals surface area (Å²) in [7, 11) is 0. The highest BCUT2D eigenvalue weighted by Crippen LogP contribution is 2.33. The first-order chi connectivity index (χ1) is 9.61. The Morgan fingerprint density at radius 1 is 1.40 bits per heavy atom. The standard InChI is InChI=1S/C15H17FN2O2/c1-10-6-13(17-20-10)8-18-9-14(19)7-15(18)11-2-4-12(16)5-3-11/h2-6,14-15,19H,7-9H2,1H3/t14-,15-/m1/s1. The van der Waals surface area contributed by atoms with Crippen LogP contribution in [0, 0.1) is 12.7 Å². The summed E-state index contributed by atoms with van der Waals surface area (Å²) in [6.45, 7) is 3.07. The van der Waals surface area contributed by atoms with Gasteiger partial charge in [0.25, 0.3) is 0 Å². The van der Waals surface area contributed by atoms with Crippen molar-refractivity contribution in [3.05, 3.63) is 53.2 Å². The third-order valence-corrected chi connectivity index (χ3v) is 3.68. The molecule has 1 aliphatic heterocycles. The number of aliphatic hydroxyl groups excluding tert-OH is 1. The third-order valence-electron chi connectivity index (χ3n) is 3.68. The maximum atomic E-state index is 13.0. The molecular weight excluding hydrogens is 259 g/mol. The van der Waals surface area contributed by atoms with E-state index < -0.39 is 0 Å². The molecule has 0 saturated carbocycles. The number of likely N-dealkylation sites (tertiary alicyclic amines) is 1. The zero-order valence-corrected chi connectivity index (χ0v) is 11.3. The fraction of sp³-hybridized carbons (Fsp3) is 0.400. The second kappa shape index (κ2) is 5.34. The van der Waals surface area contributed by atoms with Crippen molar-refractivity contribution in [1.29, 1.82) is 0 Å². The number of β-amino-alcohol motifs (C(OH)–C–C–N with tert-alkyl or cyclic N) is 1. The molecule has 3 rings (SSSR count). The Kier molecular flexibility index (Phi) is 3.54. The predicted octanol–water partition coefficient (Wildman–Crippen LogP) is 2.43. The van der Waals surface area contributed by atoms with Crippen LogP contribution in [0.25, 0.3) is 0 Å². The fourth-order valence-electron chi connectivity index (χ4n) is 2.79. The first-order valence-corrected chi connectivity index (χ1v) is 6.71. The van der Waals surface area contributed by atoms with Crippen molar-refractivity contribution in [2.75, 3.05) is 6.54 Å². The van der Waals surface area contributed by atoms with Crippen LogP contribution in [-0.4, -0.2) is 27.8 Å². The molecule has 0 amide bonds. The molecule has 1 aromatic carbocycles. The molecule has 2 atom stereocenters. The van der Waals surface area contributed by atoms with Gasteiger partial charge in [0.05, 0.1) is 11.8 Å². The van der Waals surface area contributed by atoms with Crippen LogP contribution in [0.4, 0.5) is 4.39 Å². The number of hydrogen-bond donors (Lipinski definition) is 1. The summed E-state index contributed by atoms with van der Waals surface area (Å²) in [4.78, 5) is 2.15. The summed E-state index contributed by atoms with van der Waals surface area (Å²) in [6, 6.07) is 8.45. The molecule has 1 fully saturated rings. The molecule has 1 N–H and O–H groups in total. The van der Waals surface area contributed by atoms with Crippen LogP contribution < -0.4 is 0 Å². The predicted molar refractivity (Wildman–Crippen MR) is 71.4 cm³/mol. The molecule has 2 aromatic rings. The maximum absolute atomic E-state index is 13.0. The minimum atomic E-state index is -0.363. The van der Waals surface area contributed by atoms with Crippen molar-refractivity contribution in [2.24, 2.45) is 0 Å². The van der Waals surface area contributed by atoms with Gasteiger partial charge in [0, 0.05) is 25.2 Å². The Morgan fingerprint density at radius 2 is 2.15 bits per heavy atom. The van der Waals surface area contributed by atoms with Crippen molar-refractivity contribution in [2.45, 2.75) is 32.0 Å². The Bertz CT molecular complexity index is 582. The van der Waals surface area contributed by atoms with E-state index in [1.54, 1.807) is 12.1 Å². The van der Waals surface area contributed by atoms with Gasteiger partial charge >= 0.3 is 0 Å². The topological polar surface area (TPSA) is 49.5 Å². The molecule has 20 heavy (non-hydrogen) atoms. The van der Waals surface area contributed by atoms with Crippen LogP contribution in [0.1, 0.15) is 29.5 Å². The molecule has 106 valence electrons. The van der Waals surface area contributed by atoms with Crippen molar-refractivity contribution in [3.8, 4) is 0 Å². The first kappa shape index (κ1) is 13.3. The van der Waals surface area contributed by atoms with Crippen molar-refractivity contribution in [1.82, 2.24) is 10.1 Å². The van der Waals surface area contributed by atoms with Crippen LogP contribution in [0.5, 0.6) is 0 Å². The van der Waals surface area contributed by atoms with E-state index in [1.165, 1.54) is 12.1 Å². The average Bonchev–Trinajstić information content (AvgIpc) is 2.97. The number of hydrogen-bond acceptors (Lipinski definition) is 4. The van der Waals surface area contributed by atoms with Gasteiger partial charge in [0.15, 0.2) is 0 Å². The van der Waals surface area contributed by atoms with Crippen LogP contribution in [0.3, 0.4) is 0 Å². The molecule has 0 aliphatic carbocycles. The van der Waals surface area contributed by atoms with Crippen LogP contribution in [-0.2, 0) is 6.54 Å². The average molecular weight is 276 g/mol. The molecule has 1 saturated heterocycles. The number of halogens is 1. The lowest BCUT2D eigenvalue weighted by Gasteiger charge is -2.23. The molecule has 1 aromatic heterocycles. The SMILES string of the molecule is Cc1cc(CN2C[C@H](O)C[C@@H]2c2ccc(F)cc2)no1. The molecule has 4 nitrogen and oxygen atoms in total. The Morgan fingerprint density at radius 3 is 2.80 bits per heavy atom. The quantitative estimate of drug-likeness (QED) is 0.935. The molecular formula is C15H17FN2O2. The van der Waals surface area contributed by atoms with Crippen LogP contribution in [0.2, 0.25) is 0 Å². The fourth-order valence-corrected chi connectivity index (χ4v) is 2.79. The third kappa shape index (κ3) is 2.73. The summed E-state index contributed by atoms with van der Waals surface area (Å²) in [5.41, 5.74) is 1.87. The summed E-state index contributed by atoms with van der Waals surface area (Å²) in [5, 5.41) is 13.9. The lowest BCUT2D eigenvalue weighted by atomic mass is 10.0. The highest BCUT2D eigenvalue weighted by Gasteiger charge is 2.32. The number of rotatable bonds is 3. The van der Waals surface area contributed by atoms with E-state index in [9.17, 15) is 9.50 Å². The van der Waals surface area contributed by atoms with Gasteiger partial charge in [-0.15, -0.1) is 0 Å². The molecule has 1 aliphatic rings. The van der Waals surface area contributed by atoms with Gasteiger partial charge in [-0.2, -0.15) is 0 Å². The highest BCUT2D eigenvalue weighted by molar-refractivity contribution is 5.22. The summed E-state index contributed by atoms with van der Waals surface area (Å²) >= 11 is 0. The van der Waals surface area contributed by atoms with Gasteiger partial charge in [-0.25, -0.2) is 4.39 Å². The number of nitrogens with zero attached hydrogens (tertiary/aromatic N) is 2. The van der Waals surface area contributed by atoms with E-state index in [0.717, 1.165) is 17.0 Å². The lowest BCUT2D eigenvalue weighted by molar-refractivity contribution is 0.171. The molecule has 5 heteroatoms. The monoisotopic (exact) mass is 276 g/mol. The van der Waals surface area contributed by atoms with E-state index in [2.05, 4.69) is 10.1 Å². The lowest BCUT2D eigenvalue weighted by Crippen LogP contribution is -2.24. The van der Waals surface area contributed by atoms with E-state index in [0.29, 0.717) is 19.5 Å². The second-order valence-electron chi connectivity index (χ2n) is 5.32. The van der Waals surface area contributed by atoms with Gasteiger partial charge < -0.3 is 9.63 Å². The number of aromatic nitrogens is 1. The van der Waals surface area contributed by atoms with E-state index >= 15 is 0 Å². The molecule has 2 heterocycles. The largest absolute Gasteiger partial charge is 0.392 e. The first-order valence-electron chi connectivity index (χ1n) is 6.71. The van der Waals surface area contributed by atoms with Crippen LogP contribution in [0.15, 0.2) is 34.9 Å². The minimum Gasteiger partial charge on any atom is -0.392 e. The molecule has 0 bridgehead atoms. The molecule has 0 unspecified atom stereocenters. The zero-order valence-electron chi connectivity index (χ0n) is 11.3. The Hall–Kier alpha value is -1.72. The minimum absolute atomic E-state index is 0.0857. The van der Waals surface area contributed by atoms with Crippen LogP contribution >= 0.6 is 0 Å². The van der Waals surface area contributed by atoms with Crippen molar-refractivity contribution >= 4 is 0 Å². The normalized spacial score (nSPS) is 23.4. The Balaban J connectivity index is 1.79. The second-order valence-corrected chi connectivity index (χ2v) is 5.32. The summed E-state index contributed by atoms with van der Waals surface area (Å²) in [6.07, 6.45) is 0.292. The Labute approximate surface area is 116 Å². The van der Waals surface area contributed by atoms with Crippen molar-refractivity contribution in [3.63, 3.8) is 0 Å². The van der Waals surface area contributed by atoms with Gasteiger partial charge in [-0.3, -0.25) is 4.90 Å². The van der Waals surface area contributed by atoms with E-state index in [-0.39, 0.29) is 18.0 Å². The maximum Gasteiger partial charge on any atom is 0.133 e. The van der Waals surface area contributed by atoms with E-state index in [1.807, 2.05) is 13.0 Å². The van der Waals surface area contributed by atoms with Gasteiger partial charge in [0.1, 0.15) is 11.6 Å². The smallest absolute Gasteiger partial charge is 0.133 e. The van der Waals surface area contributed by atoms with Gasteiger partial charge in [0.2, 0.25) is 0 Å². The number of aryl methyl sites for hydroxylation is 1. The summed E-state index contributed by atoms with van der Waals surface area (Å²) < 4.78 is 18.1. The highest BCUT2D eigenvalue weighted by atomic mass is 19.1.